The van der Waals surface area contributed by atoms with E-state index in [2.05, 4.69) is 51.4 Å². The fourth-order valence-electron chi connectivity index (χ4n) is 5.25. The number of fused-ring (bicyclic) bond motifs is 6. The maximum atomic E-state index is 5.21. The lowest BCUT2D eigenvalue weighted by Gasteiger charge is -2.12. The summed E-state index contributed by atoms with van der Waals surface area (Å²) in [5, 5.41) is 1.01. The predicted molar refractivity (Wildman–Crippen MR) is 151 cm³/mol. The normalized spacial score (nSPS) is 11.7. The Labute approximate surface area is 217 Å². The number of hydrogen-bond acceptors (Lipinski definition) is 4. The molecule has 0 radical (unpaired) electrons. The second-order valence-corrected chi connectivity index (χ2v) is 9.23. The number of imidazole rings is 2. The van der Waals surface area contributed by atoms with Gasteiger partial charge in [0.2, 0.25) is 5.95 Å². The van der Waals surface area contributed by atoms with Crippen LogP contribution in [0, 0.1) is 0 Å². The number of pyridine rings is 1. The van der Waals surface area contributed by atoms with Crippen molar-refractivity contribution in [2.75, 3.05) is 0 Å². The van der Waals surface area contributed by atoms with Gasteiger partial charge in [0.25, 0.3) is 0 Å². The highest BCUT2D eigenvalue weighted by atomic mass is 15.2. The molecule has 0 N–H and O–H groups in total. The molecule has 4 aromatic carbocycles. The molecule has 4 heterocycles. The molecular formula is C32H20N6. The Hall–Kier alpha value is -5.36. The van der Waals surface area contributed by atoms with Crippen molar-refractivity contribution in [3.05, 3.63) is 121 Å². The van der Waals surface area contributed by atoms with Gasteiger partial charge in [-0.1, -0.05) is 84.9 Å². The van der Waals surface area contributed by atoms with Gasteiger partial charge in [0, 0.05) is 22.7 Å². The van der Waals surface area contributed by atoms with Crippen molar-refractivity contribution < 1.29 is 0 Å². The van der Waals surface area contributed by atoms with Gasteiger partial charge in [-0.05, 0) is 30.3 Å². The fraction of sp³-hybridized carbons (Fsp3) is 0. The van der Waals surface area contributed by atoms with E-state index in [1.165, 1.54) is 0 Å². The molecule has 0 fully saturated rings. The highest BCUT2D eigenvalue weighted by Crippen LogP contribution is 2.34. The largest absolute Gasteiger partial charge is 0.298 e. The van der Waals surface area contributed by atoms with E-state index in [4.69, 9.17) is 19.9 Å². The number of para-hydroxylation sites is 1. The lowest BCUT2D eigenvalue weighted by Crippen LogP contribution is -2.05. The summed E-state index contributed by atoms with van der Waals surface area (Å²) >= 11 is 0. The summed E-state index contributed by atoms with van der Waals surface area (Å²) < 4.78 is 4.17. The molecule has 0 aliphatic carbocycles. The molecule has 0 bridgehead atoms. The van der Waals surface area contributed by atoms with E-state index in [1.807, 2.05) is 79.0 Å². The Morgan fingerprint density at radius 2 is 1.26 bits per heavy atom. The van der Waals surface area contributed by atoms with Crippen LogP contribution in [-0.4, -0.2) is 28.9 Å². The molecule has 8 rings (SSSR count). The van der Waals surface area contributed by atoms with Crippen molar-refractivity contribution in [2.45, 2.75) is 0 Å². The minimum atomic E-state index is 0.581. The third-order valence-corrected chi connectivity index (χ3v) is 6.96. The first-order valence-electron chi connectivity index (χ1n) is 12.5. The average molecular weight is 489 g/mol. The van der Waals surface area contributed by atoms with E-state index in [0.29, 0.717) is 5.95 Å². The van der Waals surface area contributed by atoms with Crippen LogP contribution in [0.25, 0.3) is 67.2 Å². The monoisotopic (exact) mass is 488 g/mol. The van der Waals surface area contributed by atoms with Gasteiger partial charge in [0.05, 0.1) is 22.2 Å². The Kier molecular flexibility index (Phi) is 4.42. The van der Waals surface area contributed by atoms with Gasteiger partial charge in [-0.15, -0.1) is 0 Å². The van der Waals surface area contributed by atoms with E-state index in [9.17, 15) is 0 Å². The van der Waals surface area contributed by atoms with Crippen LogP contribution < -0.4 is 0 Å². The smallest absolute Gasteiger partial charge is 0.237 e. The maximum Gasteiger partial charge on any atom is 0.237 e. The van der Waals surface area contributed by atoms with Crippen molar-refractivity contribution >= 4 is 38.6 Å². The van der Waals surface area contributed by atoms with Crippen LogP contribution in [0.2, 0.25) is 0 Å². The summed E-state index contributed by atoms with van der Waals surface area (Å²) in [7, 11) is 0. The summed E-state index contributed by atoms with van der Waals surface area (Å²) in [6.07, 6.45) is 2.03. The predicted octanol–water partition coefficient (Wildman–Crippen LogP) is 7.10. The van der Waals surface area contributed by atoms with Gasteiger partial charge in [-0.25, -0.2) is 19.9 Å². The average Bonchev–Trinajstić information content (AvgIpc) is 3.56. The van der Waals surface area contributed by atoms with Crippen LogP contribution in [0.1, 0.15) is 0 Å². The van der Waals surface area contributed by atoms with Gasteiger partial charge in [0.15, 0.2) is 0 Å². The van der Waals surface area contributed by atoms with Crippen molar-refractivity contribution in [2.24, 2.45) is 0 Å². The van der Waals surface area contributed by atoms with Crippen LogP contribution in [0.5, 0.6) is 0 Å². The molecule has 0 spiro atoms. The zero-order valence-corrected chi connectivity index (χ0v) is 20.2. The van der Waals surface area contributed by atoms with Crippen LogP contribution in [-0.2, 0) is 0 Å². The molecule has 0 atom stereocenters. The quantitative estimate of drug-likeness (QED) is 0.266. The van der Waals surface area contributed by atoms with E-state index < -0.39 is 0 Å². The van der Waals surface area contributed by atoms with Crippen LogP contribution in [0.4, 0.5) is 0 Å². The number of hydrogen-bond donors (Lipinski definition) is 0. The first kappa shape index (κ1) is 20.8. The summed E-state index contributed by atoms with van der Waals surface area (Å²) in [5.41, 5.74) is 8.35. The Morgan fingerprint density at radius 3 is 2.11 bits per heavy atom. The molecule has 0 aliphatic heterocycles. The van der Waals surface area contributed by atoms with Crippen LogP contribution in [0.3, 0.4) is 0 Å². The second kappa shape index (κ2) is 8.08. The van der Waals surface area contributed by atoms with Gasteiger partial charge >= 0.3 is 0 Å². The lowest BCUT2D eigenvalue weighted by atomic mass is 10.1. The topological polar surface area (TPSA) is 60.9 Å². The molecule has 0 amide bonds. The zero-order chi connectivity index (χ0) is 25.1. The first-order chi connectivity index (χ1) is 18.8. The van der Waals surface area contributed by atoms with Crippen LogP contribution in [0.15, 0.2) is 121 Å². The summed E-state index contributed by atoms with van der Waals surface area (Å²) in [4.78, 5) is 20.3. The molecule has 8 aromatic rings. The molecular weight excluding hydrogens is 468 g/mol. The third-order valence-electron chi connectivity index (χ3n) is 6.96. The zero-order valence-electron chi connectivity index (χ0n) is 20.2. The second-order valence-electron chi connectivity index (χ2n) is 9.23. The van der Waals surface area contributed by atoms with Crippen molar-refractivity contribution in [1.29, 1.82) is 0 Å². The summed E-state index contributed by atoms with van der Waals surface area (Å²) in [6.45, 7) is 0. The minimum Gasteiger partial charge on any atom is -0.298 e. The highest BCUT2D eigenvalue weighted by molar-refractivity contribution is 6.04. The summed E-state index contributed by atoms with van der Waals surface area (Å²) in [5.74, 6) is 1.37. The van der Waals surface area contributed by atoms with Crippen molar-refractivity contribution in [1.82, 2.24) is 28.9 Å². The Bertz CT molecular complexity index is 2120. The van der Waals surface area contributed by atoms with Gasteiger partial charge in [-0.2, -0.15) is 0 Å². The molecule has 0 saturated heterocycles. The fourth-order valence-corrected chi connectivity index (χ4v) is 5.25. The highest BCUT2D eigenvalue weighted by Gasteiger charge is 2.21. The first-order valence-corrected chi connectivity index (χ1v) is 12.5. The van der Waals surface area contributed by atoms with E-state index in [-0.39, 0.29) is 0 Å². The molecule has 0 aliphatic rings. The van der Waals surface area contributed by atoms with Crippen molar-refractivity contribution in [3.63, 3.8) is 0 Å². The number of nitrogens with zero attached hydrogens (tertiary/aromatic N) is 6. The van der Waals surface area contributed by atoms with Gasteiger partial charge in [0.1, 0.15) is 22.5 Å². The van der Waals surface area contributed by atoms with E-state index >= 15 is 0 Å². The lowest BCUT2D eigenvalue weighted by molar-refractivity contribution is 0.977. The molecule has 38 heavy (non-hydrogen) atoms. The number of aromatic nitrogens is 6. The minimum absolute atomic E-state index is 0.581. The number of benzene rings is 4. The summed E-state index contributed by atoms with van der Waals surface area (Å²) in [6, 6.07) is 38.8. The van der Waals surface area contributed by atoms with Crippen LogP contribution >= 0.6 is 0 Å². The van der Waals surface area contributed by atoms with Crippen molar-refractivity contribution in [3.8, 4) is 28.6 Å². The van der Waals surface area contributed by atoms with E-state index in [1.54, 1.807) is 0 Å². The SMILES string of the molecule is c1ccc(-c2nc(-n3c(-c4ccccc4)nc4c3ccc3nc5ccccn5c34)nc3ccccc23)cc1. The Balaban J connectivity index is 1.51. The molecule has 4 aromatic heterocycles. The molecule has 6 heteroatoms. The molecule has 0 saturated carbocycles. The number of rotatable bonds is 3. The van der Waals surface area contributed by atoms with Gasteiger partial charge < -0.3 is 0 Å². The maximum absolute atomic E-state index is 5.21. The molecule has 6 nitrogen and oxygen atoms in total. The Morgan fingerprint density at radius 1 is 0.526 bits per heavy atom. The van der Waals surface area contributed by atoms with E-state index in [0.717, 1.165) is 61.3 Å². The third kappa shape index (κ3) is 3.07. The standard InChI is InChI=1S/C32H20N6/c1-3-11-21(12-4-1)28-23-15-7-8-16-24(23)34-32(36-28)38-26-19-18-25-30(37-20-10-9-17-27(37)33-25)29(26)35-31(38)22-13-5-2-6-14-22/h1-20H. The molecule has 0 unspecified atom stereocenters. The van der Waals surface area contributed by atoms with Gasteiger partial charge in [-0.3, -0.25) is 8.97 Å². The molecule has 178 valence electrons.